The second-order valence-electron chi connectivity index (χ2n) is 1.57. The van der Waals surface area contributed by atoms with Gasteiger partial charge < -0.3 is 4.74 Å². The third-order valence-electron chi connectivity index (χ3n) is 0.710. The minimum atomic E-state index is -0.838. The lowest BCUT2D eigenvalue weighted by Crippen LogP contribution is -1.97. The molecule has 5 nitrogen and oxygen atoms in total. The maximum absolute atomic E-state index is 10.1. The van der Waals surface area contributed by atoms with Gasteiger partial charge in [-0.3, -0.25) is 4.89 Å². The predicted molar refractivity (Wildman–Crippen MR) is 45.7 cm³/mol. The number of carbonyl (C=O) groups is 2. The van der Waals surface area contributed by atoms with Gasteiger partial charge in [-0.1, -0.05) is 13.2 Å². The van der Waals surface area contributed by atoms with E-state index in [2.05, 4.69) is 22.8 Å². The molecule has 0 aromatic carbocycles. The van der Waals surface area contributed by atoms with Gasteiger partial charge in [0, 0.05) is 12.2 Å². The standard InChI is InChI=1S/C5H8O2.C3H4O3/c1-3-5(6)7-4-2;1-2-3(4)6-5/h3H,1,4H2,2H3;2,5H,1H2. The smallest absolute Gasteiger partial charge is 0.365 e. The molecule has 0 heterocycles. The first kappa shape index (κ1) is 13.9. The van der Waals surface area contributed by atoms with Gasteiger partial charge in [-0.25, -0.2) is 9.59 Å². The third kappa shape index (κ3) is 13.4. The monoisotopic (exact) mass is 188 g/mol. The predicted octanol–water partition coefficient (Wildman–Crippen LogP) is 0.924. The maximum atomic E-state index is 10.1. The molecule has 0 spiro atoms. The van der Waals surface area contributed by atoms with Gasteiger partial charge in [0.2, 0.25) is 0 Å². The van der Waals surface area contributed by atoms with E-state index >= 15 is 0 Å². The number of ether oxygens (including phenoxy) is 1. The van der Waals surface area contributed by atoms with Gasteiger partial charge in [0.1, 0.15) is 0 Å². The lowest BCUT2D eigenvalue weighted by molar-refractivity contribution is -0.228. The van der Waals surface area contributed by atoms with E-state index in [1.165, 1.54) is 0 Å². The lowest BCUT2D eigenvalue weighted by Gasteiger charge is -1.90. The molecule has 0 fully saturated rings. The van der Waals surface area contributed by atoms with Crippen LogP contribution in [-0.4, -0.2) is 23.8 Å². The highest BCUT2D eigenvalue weighted by atomic mass is 17.1. The van der Waals surface area contributed by atoms with E-state index in [1.807, 2.05) is 0 Å². The lowest BCUT2D eigenvalue weighted by atomic mass is 10.6. The van der Waals surface area contributed by atoms with Crippen LogP contribution in [0.3, 0.4) is 0 Å². The number of hydrogen-bond donors (Lipinski definition) is 1. The zero-order chi connectivity index (χ0) is 10.7. The summed E-state index contributed by atoms with van der Waals surface area (Å²) in [6, 6.07) is 0. The molecule has 1 N–H and O–H groups in total. The van der Waals surface area contributed by atoms with Crippen LogP contribution in [0, 0.1) is 0 Å². The Morgan fingerprint density at radius 1 is 1.31 bits per heavy atom. The van der Waals surface area contributed by atoms with Crippen molar-refractivity contribution in [3.05, 3.63) is 25.3 Å². The minimum Gasteiger partial charge on any atom is -0.463 e. The number of esters is 1. The molecular weight excluding hydrogens is 176 g/mol. The van der Waals surface area contributed by atoms with Gasteiger partial charge in [0.05, 0.1) is 6.61 Å². The Morgan fingerprint density at radius 2 is 1.77 bits per heavy atom. The summed E-state index contributed by atoms with van der Waals surface area (Å²) >= 11 is 0. The zero-order valence-corrected chi connectivity index (χ0v) is 7.36. The van der Waals surface area contributed by atoms with E-state index in [0.717, 1.165) is 12.2 Å². The van der Waals surface area contributed by atoms with Crippen LogP contribution in [0.1, 0.15) is 6.92 Å². The van der Waals surface area contributed by atoms with Gasteiger partial charge in [-0.05, 0) is 6.92 Å². The van der Waals surface area contributed by atoms with Gasteiger partial charge in [0.15, 0.2) is 0 Å². The molecule has 0 aliphatic rings. The molecule has 0 aliphatic carbocycles. The second kappa shape index (κ2) is 10.4. The first-order valence-corrected chi connectivity index (χ1v) is 3.39. The highest BCUT2D eigenvalue weighted by Crippen LogP contribution is 1.74. The molecule has 0 aromatic heterocycles. The third-order valence-corrected chi connectivity index (χ3v) is 0.710. The summed E-state index contributed by atoms with van der Waals surface area (Å²) in [7, 11) is 0. The van der Waals surface area contributed by atoms with Crippen molar-refractivity contribution in [3.63, 3.8) is 0 Å². The number of rotatable bonds is 3. The van der Waals surface area contributed by atoms with Gasteiger partial charge in [-0.2, -0.15) is 5.26 Å². The Kier molecular flexibility index (Phi) is 11.1. The molecule has 0 bridgehead atoms. The SMILES string of the molecule is C=CC(=O)OCC.C=CC(=O)OO. The zero-order valence-electron chi connectivity index (χ0n) is 7.36. The maximum Gasteiger partial charge on any atom is 0.365 e. The van der Waals surface area contributed by atoms with E-state index in [0.29, 0.717) is 6.61 Å². The van der Waals surface area contributed by atoms with Gasteiger partial charge in [0.25, 0.3) is 0 Å². The summed E-state index contributed by atoms with van der Waals surface area (Å²) in [6.45, 7) is 8.37. The van der Waals surface area contributed by atoms with Crippen LogP contribution >= 0.6 is 0 Å². The van der Waals surface area contributed by atoms with Crippen LogP contribution in [0.4, 0.5) is 0 Å². The summed E-state index contributed by atoms with van der Waals surface area (Å²) in [5, 5.41) is 7.41. The van der Waals surface area contributed by atoms with Crippen molar-refractivity contribution in [2.24, 2.45) is 0 Å². The first-order valence-electron chi connectivity index (χ1n) is 3.39. The fraction of sp³-hybridized carbons (Fsp3) is 0.250. The second-order valence-corrected chi connectivity index (χ2v) is 1.57. The summed E-state index contributed by atoms with van der Waals surface area (Å²) in [6.07, 6.45) is 2.00. The Morgan fingerprint density at radius 3 is 1.85 bits per heavy atom. The van der Waals surface area contributed by atoms with E-state index in [-0.39, 0.29) is 5.97 Å². The molecular formula is C8H12O5. The summed E-state index contributed by atoms with van der Waals surface area (Å²) in [5.74, 6) is -1.20. The van der Waals surface area contributed by atoms with E-state index < -0.39 is 5.97 Å². The van der Waals surface area contributed by atoms with Crippen LogP contribution in [0.15, 0.2) is 25.3 Å². The van der Waals surface area contributed by atoms with Crippen LogP contribution in [0.25, 0.3) is 0 Å². The minimum absolute atomic E-state index is 0.359. The van der Waals surface area contributed by atoms with E-state index in [1.54, 1.807) is 6.92 Å². The average Bonchev–Trinajstić information content (AvgIpc) is 2.18. The normalized spacial score (nSPS) is 7.23. The number of carbonyl (C=O) groups excluding carboxylic acids is 2. The van der Waals surface area contributed by atoms with Crippen molar-refractivity contribution in [1.82, 2.24) is 0 Å². The van der Waals surface area contributed by atoms with E-state index in [9.17, 15) is 9.59 Å². The van der Waals surface area contributed by atoms with Crippen molar-refractivity contribution in [2.45, 2.75) is 6.92 Å². The molecule has 0 rings (SSSR count). The van der Waals surface area contributed by atoms with Crippen LogP contribution in [-0.2, 0) is 19.2 Å². The molecule has 0 saturated heterocycles. The summed E-state index contributed by atoms with van der Waals surface area (Å²) in [4.78, 5) is 22.8. The van der Waals surface area contributed by atoms with Crippen molar-refractivity contribution in [1.29, 1.82) is 0 Å². The molecule has 13 heavy (non-hydrogen) atoms. The van der Waals surface area contributed by atoms with Crippen LogP contribution in [0.2, 0.25) is 0 Å². The molecule has 0 radical (unpaired) electrons. The van der Waals surface area contributed by atoms with Crippen molar-refractivity contribution < 1.29 is 24.5 Å². The van der Waals surface area contributed by atoms with Gasteiger partial charge in [-0.15, -0.1) is 0 Å². The number of hydrogen-bond acceptors (Lipinski definition) is 5. The Hall–Kier alpha value is -1.62. The summed E-state index contributed by atoms with van der Waals surface area (Å²) in [5.41, 5.74) is 0. The highest BCUT2D eigenvalue weighted by molar-refractivity contribution is 5.81. The highest BCUT2D eigenvalue weighted by Gasteiger charge is 1.86. The molecule has 0 atom stereocenters. The Labute approximate surface area is 76.2 Å². The average molecular weight is 188 g/mol. The topological polar surface area (TPSA) is 72.8 Å². The summed E-state index contributed by atoms with van der Waals surface area (Å²) < 4.78 is 4.43. The molecule has 0 unspecified atom stereocenters. The fourth-order valence-corrected chi connectivity index (χ4v) is 0.238. The molecule has 5 heteroatoms. The Bertz CT molecular complexity index is 185. The largest absolute Gasteiger partial charge is 0.463 e. The molecule has 0 aliphatic heterocycles. The first-order chi connectivity index (χ1) is 6.12. The van der Waals surface area contributed by atoms with Crippen molar-refractivity contribution in [3.8, 4) is 0 Å². The van der Waals surface area contributed by atoms with Gasteiger partial charge >= 0.3 is 11.9 Å². The Balaban J connectivity index is 0. The molecule has 0 aromatic rings. The van der Waals surface area contributed by atoms with Crippen molar-refractivity contribution in [2.75, 3.05) is 6.61 Å². The fourth-order valence-electron chi connectivity index (χ4n) is 0.238. The molecule has 0 saturated carbocycles. The van der Waals surface area contributed by atoms with Crippen LogP contribution < -0.4 is 0 Å². The molecule has 0 amide bonds. The van der Waals surface area contributed by atoms with Crippen LogP contribution in [0.5, 0.6) is 0 Å². The quantitative estimate of drug-likeness (QED) is 0.308. The molecule has 74 valence electrons. The van der Waals surface area contributed by atoms with Crippen molar-refractivity contribution >= 4 is 11.9 Å². The van der Waals surface area contributed by atoms with E-state index in [4.69, 9.17) is 5.26 Å².